The fourth-order valence-corrected chi connectivity index (χ4v) is 3.00. The summed E-state index contributed by atoms with van der Waals surface area (Å²) in [6.45, 7) is 0. The number of nitrogens with zero attached hydrogens (tertiary/aromatic N) is 1. The van der Waals surface area contributed by atoms with Crippen molar-refractivity contribution in [3.05, 3.63) is 63.0 Å². The van der Waals surface area contributed by atoms with Gasteiger partial charge in [-0.15, -0.1) is 0 Å². The monoisotopic (exact) mass is 408 g/mol. The maximum Gasteiger partial charge on any atom is 0.148 e. The van der Waals surface area contributed by atoms with Crippen LogP contribution in [0, 0.1) is 0 Å². The van der Waals surface area contributed by atoms with Crippen LogP contribution in [-0.4, -0.2) is 12.0 Å². The van der Waals surface area contributed by atoms with Crippen molar-refractivity contribution in [2.24, 2.45) is 0 Å². The molecule has 0 aliphatic heterocycles. The molecular formula is C16H14Br2N2O. The van der Waals surface area contributed by atoms with Gasteiger partial charge in [0.25, 0.3) is 0 Å². The Labute approximate surface area is 140 Å². The van der Waals surface area contributed by atoms with Crippen molar-refractivity contribution in [3.8, 4) is 0 Å². The average Bonchev–Trinajstić information content (AvgIpc) is 2.92. The number of likely N-dealkylation sites (N-methyl/N-ethyl adjacent to an activating group) is 1. The second-order valence-electron chi connectivity index (χ2n) is 4.82. The van der Waals surface area contributed by atoms with Gasteiger partial charge in [0.2, 0.25) is 0 Å². The van der Waals surface area contributed by atoms with E-state index in [-0.39, 0.29) is 6.04 Å². The van der Waals surface area contributed by atoms with Gasteiger partial charge in [-0.25, -0.2) is 0 Å². The van der Waals surface area contributed by atoms with E-state index in [4.69, 9.17) is 4.42 Å². The Morgan fingerprint density at radius 3 is 2.76 bits per heavy atom. The Morgan fingerprint density at radius 1 is 1.24 bits per heavy atom. The summed E-state index contributed by atoms with van der Waals surface area (Å²) in [5.74, 6) is 0.920. The van der Waals surface area contributed by atoms with E-state index in [1.807, 2.05) is 37.5 Å². The number of halogens is 2. The number of furan rings is 1. The standard InChI is InChI=1S/C16H14Br2N2O/c1-19-14(8-12-6-5-11(17)9-20-12)15-7-10-3-2-4-13(18)16(10)21-15/h2-7,9,14,19H,8H2,1H3. The molecule has 0 spiro atoms. The predicted octanol–water partition coefficient (Wildman–Crippen LogP) is 4.86. The van der Waals surface area contributed by atoms with Gasteiger partial charge < -0.3 is 9.73 Å². The molecule has 1 unspecified atom stereocenters. The van der Waals surface area contributed by atoms with Crippen LogP contribution in [0.2, 0.25) is 0 Å². The summed E-state index contributed by atoms with van der Waals surface area (Å²) >= 11 is 6.93. The molecule has 108 valence electrons. The van der Waals surface area contributed by atoms with Crippen LogP contribution in [0.25, 0.3) is 11.0 Å². The number of pyridine rings is 1. The van der Waals surface area contributed by atoms with Gasteiger partial charge in [-0.3, -0.25) is 4.98 Å². The molecule has 0 aliphatic carbocycles. The van der Waals surface area contributed by atoms with Gasteiger partial charge in [-0.1, -0.05) is 12.1 Å². The summed E-state index contributed by atoms with van der Waals surface area (Å²) in [5, 5.41) is 4.40. The first kappa shape index (κ1) is 14.8. The highest BCUT2D eigenvalue weighted by molar-refractivity contribution is 9.11. The Balaban J connectivity index is 1.90. The van der Waals surface area contributed by atoms with E-state index in [0.717, 1.165) is 37.8 Å². The van der Waals surface area contributed by atoms with Crippen molar-refractivity contribution in [2.45, 2.75) is 12.5 Å². The first-order valence-electron chi connectivity index (χ1n) is 6.63. The molecule has 1 atom stereocenters. The van der Waals surface area contributed by atoms with E-state index in [2.05, 4.69) is 54.3 Å². The zero-order valence-electron chi connectivity index (χ0n) is 11.4. The molecule has 3 rings (SSSR count). The Morgan fingerprint density at radius 2 is 2.10 bits per heavy atom. The highest BCUT2D eigenvalue weighted by atomic mass is 79.9. The van der Waals surface area contributed by atoms with Crippen LogP contribution < -0.4 is 5.32 Å². The zero-order chi connectivity index (χ0) is 14.8. The van der Waals surface area contributed by atoms with Gasteiger partial charge in [0.1, 0.15) is 11.3 Å². The lowest BCUT2D eigenvalue weighted by molar-refractivity contribution is 0.447. The third-order valence-corrected chi connectivity index (χ3v) is 4.50. The molecule has 5 heteroatoms. The SMILES string of the molecule is CNC(Cc1ccc(Br)cn1)c1cc2cccc(Br)c2o1. The van der Waals surface area contributed by atoms with Crippen LogP contribution in [0.5, 0.6) is 0 Å². The minimum Gasteiger partial charge on any atom is -0.458 e. The number of hydrogen-bond donors (Lipinski definition) is 1. The molecule has 0 fully saturated rings. The number of nitrogens with one attached hydrogen (secondary N) is 1. The lowest BCUT2D eigenvalue weighted by Gasteiger charge is -2.12. The maximum absolute atomic E-state index is 6.00. The minimum absolute atomic E-state index is 0.0953. The Hall–Kier alpha value is -1.17. The van der Waals surface area contributed by atoms with E-state index in [9.17, 15) is 0 Å². The van der Waals surface area contributed by atoms with Gasteiger partial charge >= 0.3 is 0 Å². The zero-order valence-corrected chi connectivity index (χ0v) is 14.6. The first-order valence-corrected chi connectivity index (χ1v) is 8.21. The molecule has 0 saturated heterocycles. The second kappa shape index (κ2) is 6.30. The van der Waals surface area contributed by atoms with Crippen LogP contribution >= 0.6 is 31.9 Å². The van der Waals surface area contributed by atoms with Crippen LogP contribution in [0.4, 0.5) is 0 Å². The highest BCUT2D eigenvalue weighted by Gasteiger charge is 2.16. The van der Waals surface area contributed by atoms with Crippen LogP contribution in [0.3, 0.4) is 0 Å². The molecule has 21 heavy (non-hydrogen) atoms. The molecule has 2 aromatic heterocycles. The molecule has 0 amide bonds. The number of rotatable bonds is 4. The Bertz CT molecular complexity index is 753. The second-order valence-corrected chi connectivity index (χ2v) is 6.59. The lowest BCUT2D eigenvalue weighted by atomic mass is 10.1. The summed E-state index contributed by atoms with van der Waals surface area (Å²) in [6.07, 6.45) is 2.60. The fourth-order valence-electron chi connectivity index (χ4n) is 2.30. The first-order chi connectivity index (χ1) is 10.2. The van der Waals surface area contributed by atoms with Crippen molar-refractivity contribution in [2.75, 3.05) is 7.05 Å². The summed E-state index contributed by atoms with van der Waals surface area (Å²) < 4.78 is 7.96. The van der Waals surface area contributed by atoms with Gasteiger partial charge in [-0.2, -0.15) is 0 Å². The normalized spacial score (nSPS) is 12.7. The number of aromatic nitrogens is 1. The fraction of sp³-hybridized carbons (Fsp3) is 0.188. The van der Waals surface area contributed by atoms with E-state index in [1.165, 1.54) is 0 Å². The van der Waals surface area contributed by atoms with Crippen molar-refractivity contribution >= 4 is 42.8 Å². The van der Waals surface area contributed by atoms with Crippen molar-refractivity contribution < 1.29 is 4.42 Å². The molecule has 0 aliphatic rings. The average molecular weight is 410 g/mol. The highest BCUT2D eigenvalue weighted by Crippen LogP contribution is 2.30. The van der Waals surface area contributed by atoms with Crippen molar-refractivity contribution in [1.29, 1.82) is 0 Å². The summed E-state index contributed by atoms with van der Waals surface area (Å²) in [4.78, 5) is 4.43. The third-order valence-electron chi connectivity index (χ3n) is 3.41. The van der Waals surface area contributed by atoms with E-state index < -0.39 is 0 Å². The summed E-state index contributed by atoms with van der Waals surface area (Å²) in [7, 11) is 1.94. The Kier molecular flexibility index (Phi) is 4.42. The molecule has 3 nitrogen and oxygen atoms in total. The van der Waals surface area contributed by atoms with E-state index >= 15 is 0 Å². The lowest BCUT2D eigenvalue weighted by Crippen LogP contribution is -2.18. The van der Waals surface area contributed by atoms with Crippen molar-refractivity contribution in [1.82, 2.24) is 10.3 Å². The molecule has 3 aromatic rings. The van der Waals surface area contributed by atoms with Gasteiger partial charge in [0, 0.05) is 28.2 Å². The van der Waals surface area contributed by atoms with E-state index in [1.54, 1.807) is 0 Å². The largest absolute Gasteiger partial charge is 0.458 e. The van der Waals surface area contributed by atoms with Gasteiger partial charge in [0.05, 0.1) is 10.5 Å². The molecule has 1 N–H and O–H groups in total. The van der Waals surface area contributed by atoms with Crippen molar-refractivity contribution in [3.63, 3.8) is 0 Å². The predicted molar refractivity (Wildman–Crippen MR) is 91.4 cm³/mol. The van der Waals surface area contributed by atoms with Crippen LogP contribution in [0.15, 0.2) is 56.0 Å². The quantitative estimate of drug-likeness (QED) is 0.668. The minimum atomic E-state index is 0.0953. The molecule has 0 saturated carbocycles. The summed E-state index contributed by atoms with van der Waals surface area (Å²) in [6, 6.07) is 12.3. The number of fused-ring (bicyclic) bond motifs is 1. The number of para-hydroxylation sites is 1. The van der Waals surface area contributed by atoms with E-state index in [0.29, 0.717) is 0 Å². The van der Waals surface area contributed by atoms with Gasteiger partial charge in [0.15, 0.2) is 0 Å². The molecule has 1 aromatic carbocycles. The van der Waals surface area contributed by atoms with Crippen LogP contribution in [0.1, 0.15) is 17.5 Å². The smallest absolute Gasteiger partial charge is 0.148 e. The van der Waals surface area contributed by atoms with Gasteiger partial charge in [-0.05, 0) is 63.2 Å². The summed E-state index contributed by atoms with van der Waals surface area (Å²) in [5.41, 5.74) is 1.91. The molecule has 0 bridgehead atoms. The molecule has 0 radical (unpaired) electrons. The number of hydrogen-bond acceptors (Lipinski definition) is 3. The maximum atomic E-state index is 6.00. The number of benzene rings is 1. The van der Waals surface area contributed by atoms with Crippen LogP contribution in [-0.2, 0) is 6.42 Å². The molecule has 2 heterocycles. The third kappa shape index (κ3) is 3.20. The molecular weight excluding hydrogens is 396 g/mol. The topological polar surface area (TPSA) is 38.1 Å².